The molecule has 2 rings (SSSR count). The predicted molar refractivity (Wildman–Crippen MR) is 72.5 cm³/mol. The number of rotatable bonds is 5. The van der Waals surface area contributed by atoms with Gasteiger partial charge in [-0.3, -0.25) is 4.79 Å². The Morgan fingerprint density at radius 2 is 2.17 bits per heavy atom. The minimum Gasteiger partial charge on any atom is -0.481 e. The predicted octanol–water partition coefficient (Wildman–Crippen LogP) is 3.46. The number of nitrogens with zero attached hydrogens (tertiary/aromatic N) is 1. The van der Waals surface area contributed by atoms with Gasteiger partial charge in [0.25, 0.3) is 0 Å². The lowest BCUT2D eigenvalue weighted by Crippen LogP contribution is -2.10. The molecule has 1 atom stereocenters. The van der Waals surface area contributed by atoms with E-state index in [4.69, 9.17) is 5.11 Å². The first-order valence-electron chi connectivity index (χ1n) is 5.70. The van der Waals surface area contributed by atoms with Crippen molar-refractivity contribution in [1.29, 1.82) is 0 Å². The number of hydrogen-bond acceptors (Lipinski definition) is 4. The molecule has 0 saturated carbocycles. The Morgan fingerprint density at radius 1 is 1.44 bits per heavy atom. The fraction of sp³-hybridized carbons (Fsp3) is 0.231. The van der Waals surface area contributed by atoms with Crippen molar-refractivity contribution in [3.63, 3.8) is 0 Å². The summed E-state index contributed by atoms with van der Waals surface area (Å²) in [5, 5.41) is 15.0. The first-order chi connectivity index (χ1) is 8.70. The lowest BCUT2D eigenvalue weighted by molar-refractivity contribution is -0.138. The van der Waals surface area contributed by atoms with Gasteiger partial charge >= 0.3 is 5.97 Å². The number of carbonyl (C=O) groups is 1. The third-order valence-corrected chi connectivity index (χ3v) is 3.39. The van der Waals surface area contributed by atoms with Crippen molar-refractivity contribution in [1.82, 2.24) is 4.98 Å². The van der Waals surface area contributed by atoms with Crippen LogP contribution < -0.4 is 5.32 Å². The Hall–Kier alpha value is -1.88. The molecule has 2 N–H and O–H groups in total. The summed E-state index contributed by atoms with van der Waals surface area (Å²) in [7, 11) is 0. The molecule has 1 heterocycles. The maximum Gasteiger partial charge on any atom is 0.310 e. The van der Waals surface area contributed by atoms with Gasteiger partial charge < -0.3 is 10.4 Å². The summed E-state index contributed by atoms with van der Waals surface area (Å²) in [5.74, 6) is -1.21. The molecular weight excluding hydrogens is 248 g/mol. The van der Waals surface area contributed by atoms with E-state index in [1.54, 1.807) is 6.20 Å². The molecule has 0 amide bonds. The Labute approximate surface area is 109 Å². The van der Waals surface area contributed by atoms with Crippen LogP contribution in [-0.2, 0) is 4.79 Å². The number of nitrogens with one attached hydrogen (secondary N) is 1. The fourth-order valence-electron chi connectivity index (χ4n) is 1.76. The molecule has 2 aromatic rings. The summed E-state index contributed by atoms with van der Waals surface area (Å²) >= 11 is 1.52. The molecule has 18 heavy (non-hydrogen) atoms. The number of carboxylic acid groups (broad SMARTS) is 1. The zero-order chi connectivity index (χ0) is 13.0. The summed E-state index contributed by atoms with van der Waals surface area (Å²) < 4.78 is 0. The molecule has 1 aromatic carbocycles. The van der Waals surface area contributed by atoms with Gasteiger partial charge in [0.1, 0.15) is 0 Å². The quantitative estimate of drug-likeness (QED) is 0.866. The molecule has 0 bridgehead atoms. The van der Waals surface area contributed by atoms with Crippen LogP contribution in [0.2, 0.25) is 0 Å². The number of aromatic nitrogens is 1. The van der Waals surface area contributed by atoms with Gasteiger partial charge in [-0.05, 0) is 24.1 Å². The highest BCUT2D eigenvalue weighted by molar-refractivity contribution is 7.13. The highest BCUT2D eigenvalue weighted by Crippen LogP contribution is 2.23. The third kappa shape index (κ3) is 2.87. The molecule has 0 aliphatic carbocycles. The molecule has 94 valence electrons. The topological polar surface area (TPSA) is 62.2 Å². The van der Waals surface area contributed by atoms with Crippen LogP contribution >= 0.6 is 11.3 Å². The van der Waals surface area contributed by atoms with E-state index in [9.17, 15) is 4.79 Å². The molecule has 4 nitrogen and oxygen atoms in total. The van der Waals surface area contributed by atoms with Crippen LogP contribution in [0.15, 0.2) is 35.8 Å². The molecule has 1 unspecified atom stereocenters. The first-order valence-corrected chi connectivity index (χ1v) is 6.58. The largest absolute Gasteiger partial charge is 0.481 e. The van der Waals surface area contributed by atoms with Crippen LogP contribution in [0.4, 0.5) is 10.8 Å². The number of aliphatic carboxylic acids is 1. The van der Waals surface area contributed by atoms with E-state index in [2.05, 4.69) is 10.3 Å². The zero-order valence-electron chi connectivity index (χ0n) is 9.96. The van der Waals surface area contributed by atoms with Crippen molar-refractivity contribution >= 4 is 28.1 Å². The van der Waals surface area contributed by atoms with Crippen molar-refractivity contribution in [2.75, 3.05) is 5.32 Å². The second-order valence-electron chi connectivity index (χ2n) is 3.88. The Kier molecular flexibility index (Phi) is 3.94. The van der Waals surface area contributed by atoms with Gasteiger partial charge in [-0.25, -0.2) is 4.98 Å². The van der Waals surface area contributed by atoms with Crippen molar-refractivity contribution in [2.45, 2.75) is 19.3 Å². The average Bonchev–Trinajstić information content (AvgIpc) is 2.84. The maximum atomic E-state index is 11.0. The second-order valence-corrected chi connectivity index (χ2v) is 4.78. The molecule has 0 aliphatic heterocycles. The lowest BCUT2D eigenvalue weighted by Gasteiger charge is -2.11. The van der Waals surface area contributed by atoms with Gasteiger partial charge in [-0.2, -0.15) is 0 Å². The highest BCUT2D eigenvalue weighted by atomic mass is 32.1. The van der Waals surface area contributed by atoms with Gasteiger partial charge in [0, 0.05) is 17.3 Å². The minimum atomic E-state index is -0.780. The van der Waals surface area contributed by atoms with E-state index < -0.39 is 11.9 Å². The van der Waals surface area contributed by atoms with E-state index in [1.165, 1.54) is 11.3 Å². The van der Waals surface area contributed by atoms with Gasteiger partial charge in [-0.1, -0.05) is 19.1 Å². The van der Waals surface area contributed by atoms with Gasteiger partial charge in [0.05, 0.1) is 5.92 Å². The smallest absolute Gasteiger partial charge is 0.310 e. The van der Waals surface area contributed by atoms with Crippen LogP contribution in [0, 0.1) is 0 Å². The zero-order valence-corrected chi connectivity index (χ0v) is 10.8. The Bertz CT molecular complexity index is 508. The number of anilines is 2. The Morgan fingerprint density at radius 3 is 2.67 bits per heavy atom. The summed E-state index contributed by atoms with van der Waals surface area (Å²) in [6.07, 6.45) is 2.33. The maximum absolute atomic E-state index is 11.0. The minimum absolute atomic E-state index is 0.432. The van der Waals surface area contributed by atoms with E-state index in [0.717, 1.165) is 16.4 Å². The molecule has 0 aliphatic rings. The van der Waals surface area contributed by atoms with Crippen LogP contribution in [0.1, 0.15) is 24.8 Å². The fourth-order valence-corrected chi connectivity index (χ4v) is 2.31. The van der Waals surface area contributed by atoms with Gasteiger partial charge in [-0.15, -0.1) is 11.3 Å². The van der Waals surface area contributed by atoms with Crippen molar-refractivity contribution in [3.8, 4) is 0 Å². The van der Waals surface area contributed by atoms with E-state index >= 15 is 0 Å². The monoisotopic (exact) mass is 262 g/mol. The molecule has 0 saturated heterocycles. The van der Waals surface area contributed by atoms with Crippen LogP contribution in [0.5, 0.6) is 0 Å². The van der Waals surface area contributed by atoms with E-state index in [0.29, 0.717) is 6.42 Å². The number of benzene rings is 1. The normalized spacial score (nSPS) is 12.1. The number of hydrogen-bond donors (Lipinski definition) is 2. The number of thiazole rings is 1. The molecule has 1 aromatic heterocycles. The van der Waals surface area contributed by atoms with Crippen LogP contribution in [0.25, 0.3) is 0 Å². The summed E-state index contributed by atoms with van der Waals surface area (Å²) in [6.45, 7) is 1.88. The first kappa shape index (κ1) is 12.6. The average molecular weight is 262 g/mol. The van der Waals surface area contributed by atoms with Gasteiger partial charge in [0.15, 0.2) is 5.13 Å². The SMILES string of the molecule is CCC(C(=O)O)c1ccc(Nc2nccs2)cc1. The third-order valence-electron chi connectivity index (χ3n) is 2.70. The molecule has 0 radical (unpaired) electrons. The molecule has 0 fully saturated rings. The lowest BCUT2D eigenvalue weighted by atomic mass is 9.96. The summed E-state index contributed by atoms with van der Waals surface area (Å²) in [4.78, 5) is 15.2. The summed E-state index contributed by atoms with van der Waals surface area (Å²) in [6, 6.07) is 7.45. The molecule has 0 spiro atoms. The molecular formula is C13H14N2O2S. The van der Waals surface area contributed by atoms with E-state index in [1.807, 2.05) is 36.6 Å². The standard InChI is InChI=1S/C13H14N2O2S/c1-2-11(12(16)17)9-3-5-10(6-4-9)15-13-14-7-8-18-13/h3-8,11H,2H2,1H3,(H,14,15)(H,16,17). The van der Waals surface area contributed by atoms with Crippen LogP contribution in [0.3, 0.4) is 0 Å². The van der Waals surface area contributed by atoms with Crippen molar-refractivity contribution < 1.29 is 9.90 Å². The second kappa shape index (κ2) is 5.64. The van der Waals surface area contributed by atoms with Gasteiger partial charge in [0.2, 0.25) is 0 Å². The Balaban J connectivity index is 2.12. The molecule has 5 heteroatoms. The van der Waals surface area contributed by atoms with E-state index in [-0.39, 0.29) is 0 Å². The summed E-state index contributed by atoms with van der Waals surface area (Å²) in [5.41, 5.74) is 1.74. The number of carboxylic acids is 1. The van der Waals surface area contributed by atoms with Crippen molar-refractivity contribution in [3.05, 3.63) is 41.4 Å². The van der Waals surface area contributed by atoms with Crippen LogP contribution in [-0.4, -0.2) is 16.1 Å². The van der Waals surface area contributed by atoms with Crippen molar-refractivity contribution in [2.24, 2.45) is 0 Å². The highest BCUT2D eigenvalue weighted by Gasteiger charge is 2.16.